The smallest absolute Gasteiger partial charge is 0.254 e. The molecule has 8 heteroatoms. The van der Waals surface area contributed by atoms with Crippen LogP contribution in [0.4, 0.5) is 0 Å². The molecule has 0 aliphatic carbocycles. The number of imide groups is 2. The van der Waals surface area contributed by atoms with Crippen LogP contribution in [0.2, 0.25) is 0 Å². The van der Waals surface area contributed by atoms with E-state index in [9.17, 15) is 19.2 Å². The van der Waals surface area contributed by atoms with Crippen LogP contribution in [-0.2, 0) is 19.2 Å². The molecule has 0 unspecified atom stereocenters. The van der Waals surface area contributed by atoms with E-state index in [-0.39, 0.29) is 36.5 Å². The Morgan fingerprint density at radius 1 is 0.676 bits per heavy atom. The second-order valence-electron chi connectivity index (χ2n) is 7.91. The van der Waals surface area contributed by atoms with Crippen molar-refractivity contribution in [3.8, 4) is 11.5 Å². The molecule has 0 bridgehead atoms. The average molecular weight is 463 g/mol. The molecule has 4 amide bonds. The number of rotatable bonds is 4. The van der Waals surface area contributed by atoms with Crippen LogP contribution in [0.5, 0.6) is 11.5 Å². The highest BCUT2D eigenvalue weighted by molar-refractivity contribution is 6.16. The number of ether oxygens (including phenoxy) is 2. The van der Waals surface area contributed by atoms with Crippen LogP contribution in [0, 0.1) is 13.8 Å². The molecular formula is C26H26N2O6. The monoisotopic (exact) mass is 462 g/mol. The van der Waals surface area contributed by atoms with Crippen molar-refractivity contribution in [3.05, 3.63) is 69.8 Å². The average Bonchev–Trinajstić information content (AvgIpc) is 3.29. The number of amides is 4. The Morgan fingerprint density at radius 2 is 1.18 bits per heavy atom. The molecule has 2 N–H and O–H groups in total. The zero-order chi connectivity index (χ0) is 24.8. The third-order valence-electron chi connectivity index (χ3n) is 5.41. The van der Waals surface area contributed by atoms with Crippen LogP contribution in [0.1, 0.15) is 35.1 Å². The summed E-state index contributed by atoms with van der Waals surface area (Å²) in [6.07, 6.45) is 3.74. The minimum atomic E-state index is -0.338. The van der Waals surface area contributed by atoms with Gasteiger partial charge in [0.1, 0.15) is 0 Å². The van der Waals surface area contributed by atoms with Crippen LogP contribution < -0.4 is 20.1 Å². The van der Waals surface area contributed by atoms with Gasteiger partial charge in [0.15, 0.2) is 11.5 Å². The van der Waals surface area contributed by atoms with E-state index in [4.69, 9.17) is 9.47 Å². The molecule has 0 aromatic heterocycles. The Labute approximate surface area is 197 Å². The summed E-state index contributed by atoms with van der Waals surface area (Å²) in [4.78, 5) is 44.8. The van der Waals surface area contributed by atoms with Crippen LogP contribution in [0.15, 0.2) is 47.5 Å². The molecule has 2 heterocycles. The molecule has 2 aromatic carbocycles. The van der Waals surface area contributed by atoms with Gasteiger partial charge in [-0.1, -0.05) is 24.3 Å². The van der Waals surface area contributed by atoms with Crippen LogP contribution in [-0.4, -0.2) is 37.8 Å². The van der Waals surface area contributed by atoms with Gasteiger partial charge in [-0.25, -0.2) is 0 Å². The van der Waals surface area contributed by atoms with Gasteiger partial charge in [0.2, 0.25) is 11.8 Å². The first-order valence-electron chi connectivity index (χ1n) is 10.6. The number of benzene rings is 2. The highest BCUT2D eigenvalue weighted by Gasteiger charge is 2.24. The molecule has 2 saturated heterocycles. The maximum absolute atomic E-state index is 11.4. The van der Waals surface area contributed by atoms with Crippen LogP contribution in [0.3, 0.4) is 0 Å². The summed E-state index contributed by atoms with van der Waals surface area (Å²) in [5, 5.41) is 4.50. The minimum Gasteiger partial charge on any atom is -0.493 e. The standard InChI is InChI=1S/C13H13NO4.C13H13NO2/c1-17-10-4-3-8(6-11(10)18-2)5-9-7-12(15)14-13(9)16;1-8-3-4-10(5-9(8)2)6-11-7-12(15)14-13(11)16/h3-6H,7H2,1-2H3,(H,14,15,16);3-6H,7H2,1-2H3,(H,14,15,16)/b9-5+;11-6+. The Kier molecular flexibility index (Phi) is 7.63. The number of carbonyl (C=O) groups excluding carboxylic acids is 4. The Balaban J connectivity index is 0.000000192. The van der Waals surface area contributed by atoms with Crippen molar-refractivity contribution in [3.63, 3.8) is 0 Å². The van der Waals surface area contributed by atoms with E-state index in [2.05, 4.69) is 10.6 Å². The maximum Gasteiger partial charge on any atom is 0.254 e. The van der Waals surface area contributed by atoms with Crippen LogP contribution >= 0.6 is 0 Å². The number of carbonyl (C=O) groups is 4. The number of hydrogen-bond donors (Lipinski definition) is 2. The van der Waals surface area contributed by atoms with Gasteiger partial charge < -0.3 is 9.47 Å². The van der Waals surface area contributed by atoms with E-state index in [0.717, 1.165) is 11.1 Å². The fourth-order valence-corrected chi connectivity index (χ4v) is 3.44. The summed E-state index contributed by atoms with van der Waals surface area (Å²) in [6, 6.07) is 11.3. The number of methoxy groups -OCH3 is 2. The quantitative estimate of drug-likeness (QED) is 0.534. The predicted molar refractivity (Wildman–Crippen MR) is 127 cm³/mol. The van der Waals surface area contributed by atoms with Crippen LogP contribution in [0.25, 0.3) is 12.2 Å². The summed E-state index contributed by atoms with van der Waals surface area (Å²) in [7, 11) is 3.10. The van der Waals surface area contributed by atoms with Gasteiger partial charge in [-0.3, -0.25) is 29.8 Å². The van der Waals surface area contributed by atoms with Gasteiger partial charge in [-0.2, -0.15) is 0 Å². The predicted octanol–water partition coefficient (Wildman–Crippen LogP) is 2.87. The van der Waals surface area contributed by atoms with Crippen molar-refractivity contribution in [1.29, 1.82) is 0 Å². The largest absolute Gasteiger partial charge is 0.493 e. The molecule has 0 spiro atoms. The second kappa shape index (κ2) is 10.6. The molecule has 8 nitrogen and oxygen atoms in total. The first-order valence-corrected chi connectivity index (χ1v) is 10.6. The van der Waals surface area contributed by atoms with Gasteiger partial charge in [-0.15, -0.1) is 0 Å². The number of nitrogens with one attached hydrogen (secondary N) is 2. The molecule has 2 aliphatic rings. The Hall–Kier alpha value is -4.20. The van der Waals surface area contributed by atoms with E-state index in [1.165, 1.54) is 11.1 Å². The molecule has 0 atom stereocenters. The topological polar surface area (TPSA) is 111 Å². The van der Waals surface area contributed by atoms with Gasteiger partial charge in [0.05, 0.1) is 27.1 Å². The highest BCUT2D eigenvalue weighted by Crippen LogP contribution is 2.29. The fourth-order valence-electron chi connectivity index (χ4n) is 3.44. The molecule has 0 saturated carbocycles. The maximum atomic E-state index is 11.4. The van der Waals surface area contributed by atoms with E-state index in [1.807, 2.05) is 32.0 Å². The first kappa shape index (κ1) is 24.4. The van der Waals surface area contributed by atoms with Crippen molar-refractivity contribution in [2.75, 3.05) is 14.2 Å². The second-order valence-corrected chi connectivity index (χ2v) is 7.91. The molecule has 176 valence electrons. The summed E-state index contributed by atoms with van der Waals surface area (Å²) in [5.41, 5.74) is 5.13. The van der Waals surface area contributed by atoms with Crippen molar-refractivity contribution in [1.82, 2.24) is 10.6 Å². The lowest BCUT2D eigenvalue weighted by Crippen LogP contribution is -2.19. The fraction of sp³-hybridized carbons (Fsp3) is 0.231. The summed E-state index contributed by atoms with van der Waals surface area (Å²) in [5.74, 6) is 0.0907. The zero-order valence-electron chi connectivity index (χ0n) is 19.5. The number of hydrogen-bond acceptors (Lipinski definition) is 6. The van der Waals surface area contributed by atoms with Gasteiger partial charge >= 0.3 is 0 Å². The third kappa shape index (κ3) is 5.98. The molecule has 0 radical (unpaired) electrons. The first-order chi connectivity index (χ1) is 16.2. The van der Waals surface area contributed by atoms with Gasteiger partial charge in [-0.05, 0) is 60.4 Å². The molecule has 2 aromatic rings. The Morgan fingerprint density at radius 3 is 1.62 bits per heavy atom. The van der Waals surface area contributed by atoms with E-state index in [1.54, 1.807) is 44.6 Å². The minimum absolute atomic E-state index is 0.118. The molecule has 2 aliphatic heterocycles. The van der Waals surface area contributed by atoms with Crippen molar-refractivity contribution in [2.24, 2.45) is 0 Å². The highest BCUT2D eigenvalue weighted by atomic mass is 16.5. The lowest BCUT2D eigenvalue weighted by Gasteiger charge is -2.07. The van der Waals surface area contributed by atoms with E-state index < -0.39 is 0 Å². The summed E-state index contributed by atoms with van der Waals surface area (Å²) in [6.45, 7) is 4.06. The van der Waals surface area contributed by atoms with E-state index >= 15 is 0 Å². The third-order valence-corrected chi connectivity index (χ3v) is 5.41. The summed E-state index contributed by atoms with van der Waals surface area (Å²) < 4.78 is 10.3. The van der Waals surface area contributed by atoms with Crippen molar-refractivity contribution in [2.45, 2.75) is 26.7 Å². The summed E-state index contributed by atoms with van der Waals surface area (Å²) >= 11 is 0. The van der Waals surface area contributed by atoms with Gasteiger partial charge in [0, 0.05) is 11.1 Å². The SMILES string of the molecule is COc1ccc(/C=C2\CC(=O)NC2=O)cc1OC.Cc1ccc(/C=C2\CC(=O)NC2=O)cc1C. The lowest BCUT2D eigenvalue weighted by molar-refractivity contribution is -0.125. The molecule has 34 heavy (non-hydrogen) atoms. The number of aryl methyl sites for hydroxylation is 2. The van der Waals surface area contributed by atoms with Crippen molar-refractivity contribution >= 4 is 35.8 Å². The van der Waals surface area contributed by atoms with Gasteiger partial charge in [0.25, 0.3) is 11.8 Å². The molecule has 2 fully saturated rings. The lowest BCUT2D eigenvalue weighted by atomic mass is 10.0. The normalized spacial score (nSPS) is 17.4. The molecular weight excluding hydrogens is 436 g/mol. The zero-order valence-corrected chi connectivity index (χ0v) is 19.5. The van der Waals surface area contributed by atoms with E-state index in [0.29, 0.717) is 22.6 Å². The van der Waals surface area contributed by atoms with Crippen molar-refractivity contribution < 1.29 is 28.7 Å². The molecule has 4 rings (SSSR count). The Bertz CT molecular complexity index is 1230.